The summed E-state index contributed by atoms with van der Waals surface area (Å²) >= 11 is 6.12. The van der Waals surface area contributed by atoms with Crippen LogP contribution in [0.25, 0.3) is 6.08 Å². The van der Waals surface area contributed by atoms with Crippen LogP contribution in [0.15, 0.2) is 54.1 Å². The van der Waals surface area contributed by atoms with Crippen molar-refractivity contribution in [3.63, 3.8) is 0 Å². The Morgan fingerprint density at radius 3 is 2.41 bits per heavy atom. The molecule has 2 atom stereocenters. The van der Waals surface area contributed by atoms with Crippen LogP contribution < -0.4 is 0 Å². The molecule has 2 aromatic rings. The van der Waals surface area contributed by atoms with E-state index in [1.54, 1.807) is 12.1 Å². The first-order valence-electron chi connectivity index (χ1n) is 11.8. The number of hydrogen-bond donors (Lipinski definition) is 1. The van der Waals surface area contributed by atoms with Crippen LogP contribution >= 0.6 is 11.6 Å². The molecule has 3 nitrogen and oxygen atoms in total. The number of rotatable bonds is 5. The highest BCUT2D eigenvalue weighted by Gasteiger charge is 2.42. The first kappa shape index (κ1) is 23.4. The minimum absolute atomic E-state index is 0.149. The summed E-state index contributed by atoms with van der Waals surface area (Å²) in [4.78, 5) is 4.88. The topological polar surface area (TPSA) is 26.7 Å². The van der Waals surface area contributed by atoms with Crippen molar-refractivity contribution < 1.29 is 9.50 Å². The molecule has 172 valence electrons. The van der Waals surface area contributed by atoms with Gasteiger partial charge in [-0.2, -0.15) is 0 Å². The minimum atomic E-state index is -0.942. The van der Waals surface area contributed by atoms with Gasteiger partial charge < -0.3 is 14.9 Å². The maximum Gasteiger partial charge on any atom is 0.123 e. The van der Waals surface area contributed by atoms with Crippen molar-refractivity contribution in [3.8, 4) is 0 Å². The third-order valence-electron chi connectivity index (χ3n) is 7.15. The summed E-state index contributed by atoms with van der Waals surface area (Å²) in [5, 5.41) is 13.1. The van der Waals surface area contributed by atoms with Gasteiger partial charge in [-0.1, -0.05) is 48.4 Å². The van der Waals surface area contributed by atoms with Gasteiger partial charge in [0, 0.05) is 50.1 Å². The number of benzene rings is 2. The van der Waals surface area contributed by atoms with Gasteiger partial charge in [-0.15, -0.1) is 0 Å². The Morgan fingerprint density at radius 1 is 1.03 bits per heavy atom. The van der Waals surface area contributed by atoms with E-state index in [-0.39, 0.29) is 11.7 Å². The summed E-state index contributed by atoms with van der Waals surface area (Å²) in [6.45, 7) is 5.13. The summed E-state index contributed by atoms with van der Waals surface area (Å²) in [5.74, 6) is -0.0897. The molecule has 1 aliphatic heterocycles. The molecule has 1 aliphatic carbocycles. The summed E-state index contributed by atoms with van der Waals surface area (Å²) in [7, 11) is 2.17. The van der Waals surface area contributed by atoms with Crippen LogP contribution in [0.1, 0.15) is 36.8 Å². The fourth-order valence-electron chi connectivity index (χ4n) is 5.14. The zero-order valence-corrected chi connectivity index (χ0v) is 19.7. The molecule has 32 heavy (non-hydrogen) atoms. The maximum atomic E-state index is 13.5. The number of hydrogen-bond acceptors (Lipinski definition) is 3. The van der Waals surface area contributed by atoms with E-state index in [4.69, 9.17) is 11.6 Å². The molecule has 0 amide bonds. The molecule has 2 fully saturated rings. The Morgan fingerprint density at radius 2 is 1.72 bits per heavy atom. The molecule has 2 aliphatic rings. The molecule has 1 saturated carbocycles. The van der Waals surface area contributed by atoms with E-state index in [1.165, 1.54) is 12.1 Å². The van der Waals surface area contributed by atoms with Crippen molar-refractivity contribution in [1.29, 1.82) is 0 Å². The number of aliphatic hydroxyl groups is 1. The second-order valence-corrected chi connectivity index (χ2v) is 9.93. The average Bonchev–Trinajstić information content (AvgIpc) is 2.92. The minimum Gasteiger partial charge on any atom is -0.385 e. The lowest BCUT2D eigenvalue weighted by molar-refractivity contribution is -0.00643. The van der Waals surface area contributed by atoms with Crippen LogP contribution in [0.2, 0.25) is 5.02 Å². The van der Waals surface area contributed by atoms with Gasteiger partial charge in [-0.05, 0) is 67.3 Å². The van der Waals surface area contributed by atoms with Crippen molar-refractivity contribution in [2.75, 3.05) is 39.8 Å². The molecule has 1 saturated heterocycles. The van der Waals surface area contributed by atoms with Crippen LogP contribution in [-0.4, -0.2) is 60.3 Å². The van der Waals surface area contributed by atoms with Crippen molar-refractivity contribution in [2.45, 2.75) is 37.7 Å². The van der Waals surface area contributed by atoms with Gasteiger partial charge in [0.1, 0.15) is 5.82 Å². The van der Waals surface area contributed by atoms with Gasteiger partial charge in [-0.3, -0.25) is 0 Å². The third kappa shape index (κ3) is 5.79. The van der Waals surface area contributed by atoms with Crippen molar-refractivity contribution >= 4 is 17.7 Å². The first-order valence-corrected chi connectivity index (χ1v) is 12.1. The van der Waals surface area contributed by atoms with Crippen LogP contribution in [0.3, 0.4) is 0 Å². The predicted octanol–water partition coefficient (Wildman–Crippen LogP) is 5.27. The molecule has 1 heterocycles. The van der Waals surface area contributed by atoms with E-state index in [0.717, 1.165) is 75.1 Å². The smallest absolute Gasteiger partial charge is 0.123 e. The summed E-state index contributed by atoms with van der Waals surface area (Å²) in [6.07, 6.45) is 6.71. The van der Waals surface area contributed by atoms with Gasteiger partial charge in [0.25, 0.3) is 0 Å². The van der Waals surface area contributed by atoms with Crippen LogP contribution in [0.5, 0.6) is 0 Å². The lowest BCUT2D eigenvalue weighted by atomic mass is 9.74. The zero-order valence-electron chi connectivity index (χ0n) is 18.9. The van der Waals surface area contributed by atoms with E-state index in [1.807, 2.05) is 24.3 Å². The third-order valence-corrected chi connectivity index (χ3v) is 7.40. The van der Waals surface area contributed by atoms with E-state index in [0.29, 0.717) is 11.4 Å². The van der Waals surface area contributed by atoms with Crippen molar-refractivity contribution in [1.82, 2.24) is 9.80 Å². The summed E-state index contributed by atoms with van der Waals surface area (Å²) < 4.78 is 13.5. The molecule has 1 N–H and O–H groups in total. The number of likely N-dealkylation sites (N-methyl/N-ethyl adjacent to an activating group) is 1. The van der Waals surface area contributed by atoms with Gasteiger partial charge in [-0.25, -0.2) is 4.39 Å². The molecule has 0 aromatic heterocycles. The van der Waals surface area contributed by atoms with Crippen molar-refractivity contribution in [3.05, 3.63) is 76.1 Å². The molecule has 0 bridgehead atoms. The Kier molecular flexibility index (Phi) is 7.67. The second-order valence-electron chi connectivity index (χ2n) is 9.50. The molecule has 2 unspecified atom stereocenters. The highest BCUT2D eigenvalue weighted by Crippen LogP contribution is 2.41. The van der Waals surface area contributed by atoms with E-state index in [2.05, 4.69) is 22.9 Å². The number of halogens is 2. The van der Waals surface area contributed by atoms with Gasteiger partial charge >= 0.3 is 0 Å². The fourth-order valence-corrected chi connectivity index (χ4v) is 5.26. The quantitative estimate of drug-likeness (QED) is 0.620. The summed E-state index contributed by atoms with van der Waals surface area (Å²) in [6, 6.07) is 14.4. The lowest BCUT2D eigenvalue weighted by Crippen LogP contribution is -2.51. The van der Waals surface area contributed by atoms with E-state index in [9.17, 15) is 9.50 Å². The monoisotopic (exact) mass is 456 g/mol. The first-order chi connectivity index (χ1) is 15.4. The van der Waals surface area contributed by atoms with Crippen LogP contribution in [0.4, 0.5) is 4.39 Å². The van der Waals surface area contributed by atoms with Crippen LogP contribution in [0, 0.1) is 11.7 Å². The standard InChI is InChI=1S/C27H34ClFN2O/c1-30-14-16-31(17-15-30)20-24-5-3-2-4-23(18-21-8-12-26(29)13-9-21)27(24,32)19-22-6-10-25(28)11-7-22/h6-13,18,24,32H,2-5,14-17,19-20H2,1H3/b23-18-. The largest absolute Gasteiger partial charge is 0.385 e. The fraction of sp³-hybridized carbons (Fsp3) is 0.481. The Bertz CT molecular complexity index is 906. The van der Waals surface area contributed by atoms with E-state index < -0.39 is 5.60 Å². The predicted molar refractivity (Wildman–Crippen MR) is 130 cm³/mol. The molecule has 5 heteroatoms. The van der Waals surface area contributed by atoms with Crippen LogP contribution in [-0.2, 0) is 6.42 Å². The van der Waals surface area contributed by atoms with Gasteiger partial charge in [0.2, 0.25) is 0 Å². The SMILES string of the molecule is CN1CCN(CC2CCCC/C(=C/c3ccc(F)cc3)C2(O)Cc2ccc(Cl)cc2)CC1. The molecule has 0 radical (unpaired) electrons. The molecular formula is C27H34ClFN2O. The highest BCUT2D eigenvalue weighted by atomic mass is 35.5. The van der Waals surface area contributed by atoms with Crippen molar-refractivity contribution in [2.24, 2.45) is 5.92 Å². The number of piperazine rings is 1. The van der Waals surface area contributed by atoms with E-state index >= 15 is 0 Å². The molecule has 4 rings (SSSR count). The molecule has 2 aromatic carbocycles. The molecular weight excluding hydrogens is 423 g/mol. The molecule has 0 spiro atoms. The van der Waals surface area contributed by atoms with Gasteiger partial charge in [0.05, 0.1) is 5.60 Å². The lowest BCUT2D eigenvalue weighted by Gasteiger charge is -2.42. The maximum absolute atomic E-state index is 13.5. The highest BCUT2D eigenvalue weighted by molar-refractivity contribution is 6.30. The Labute approximate surface area is 196 Å². The zero-order chi connectivity index (χ0) is 22.6. The Hall–Kier alpha value is -1.72. The number of nitrogens with zero attached hydrogens (tertiary/aromatic N) is 2. The second kappa shape index (κ2) is 10.5. The van der Waals surface area contributed by atoms with Gasteiger partial charge in [0.15, 0.2) is 0 Å². The average molecular weight is 457 g/mol. The summed E-state index contributed by atoms with van der Waals surface area (Å²) in [5.41, 5.74) is 2.15. The normalized spacial score (nSPS) is 26.9. The Balaban J connectivity index is 1.67.